The third-order valence-corrected chi connectivity index (χ3v) is 2.43. The van der Waals surface area contributed by atoms with Crippen molar-refractivity contribution in [1.29, 1.82) is 0 Å². The van der Waals surface area contributed by atoms with Gasteiger partial charge in [-0.2, -0.15) is 0 Å². The zero-order chi connectivity index (χ0) is 12.0. The molecule has 1 heterocycles. The van der Waals surface area contributed by atoms with E-state index in [1.807, 2.05) is 6.92 Å². The molecular weight excluding hydrogens is 278 g/mol. The number of hydrogen-bond donors (Lipinski definition) is 1. The van der Waals surface area contributed by atoms with Crippen LogP contribution in [0.15, 0.2) is 16.9 Å². The zero-order valence-electron chi connectivity index (χ0n) is 8.77. The molecule has 7 heteroatoms. The molecule has 88 valence electrons. The van der Waals surface area contributed by atoms with E-state index in [0.29, 0.717) is 29.9 Å². The molecule has 0 aliphatic rings. The van der Waals surface area contributed by atoms with Crippen LogP contribution >= 0.6 is 15.9 Å². The van der Waals surface area contributed by atoms with Crippen LogP contribution < -0.4 is 5.32 Å². The van der Waals surface area contributed by atoms with E-state index >= 15 is 0 Å². The second kappa shape index (κ2) is 6.39. The van der Waals surface area contributed by atoms with Gasteiger partial charge >= 0.3 is 5.69 Å². The highest BCUT2D eigenvalue weighted by Gasteiger charge is 2.16. The van der Waals surface area contributed by atoms with Crippen LogP contribution in [0.5, 0.6) is 0 Å². The van der Waals surface area contributed by atoms with Gasteiger partial charge in [0.2, 0.25) is 0 Å². The molecule has 0 amide bonds. The second-order valence-corrected chi connectivity index (χ2v) is 3.75. The Balaban J connectivity index is 2.73. The summed E-state index contributed by atoms with van der Waals surface area (Å²) in [6, 6.07) is 0. The fraction of sp³-hybridized carbons (Fsp3) is 0.444. The van der Waals surface area contributed by atoms with Gasteiger partial charge in [0.1, 0.15) is 11.9 Å². The zero-order valence-corrected chi connectivity index (χ0v) is 10.4. The lowest BCUT2D eigenvalue weighted by atomic mass is 10.3. The number of hydrogen-bond acceptors (Lipinski definition) is 5. The Bertz CT molecular complexity index is 373. The van der Waals surface area contributed by atoms with Gasteiger partial charge < -0.3 is 10.1 Å². The van der Waals surface area contributed by atoms with Gasteiger partial charge in [-0.15, -0.1) is 0 Å². The largest absolute Gasteiger partial charge is 0.380 e. The van der Waals surface area contributed by atoms with E-state index in [9.17, 15) is 10.1 Å². The minimum Gasteiger partial charge on any atom is -0.380 e. The number of halogens is 1. The van der Waals surface area contributed by atoms with Gasteiger partial charge in [-0.05, 0) is 22.9 Å². The molecular formula is C9H12BrN3O3. The predicted molar refractivity (Wildman–Crippen MR) is 63.6 cm³/mol. The summed E-state index contributed by atoms with van der Waals surface area (Å²) in [6.45, 7) is 3.53. The highest BCUT2D eigenvalue weighted by Crippen LogP contribution is 2.30. The predicted octanol–water partition coefficient (Wildman–Crippen LogP) is 2.20. The molecule has 0 aliphatic heterocycles. The molecule has 1 aromatic rings. The minimum absolute atomic E-state index is 0.0501. The average molecular weight is 290 g/mol. The number of nitrogens with zero attached hydrogens (tertiary/aromatic N) is 2. The average Bonchev–Trinajstić information content (AvgIpc) is 2.25. The van der Waals surface area contributed by atoms with Gasteiger partial charge in [0, 0.05) is 19.3 Å². The molecule has 0 aromatic carbocycles. The Hall–Kier alpha value is -1.21. The SMILES string of the molecule is CCOCCNc1c(Br)cncc1[N+](=O)[O-]. The lowest BCUT2D eigenvalue weighted by Gasteiger charge is -2.08. The van der Waals surface area contributed by atoms with Gasteiger partial charge in [0.05, 0.1) is 16.0 Å². The summed E-state index contributed by atoms with van der Waals surface area (Å²) in [5.74, 6) is 0. The van der Waals surface area contributed by atoms with E-state index in [2.05, 4.69) is 26.2 Å². The fourth-order valence-corrected chi connectivity index (χ4v) is 1.59. The van der Waals surface area contributed by atoms with Crippen LogP contribution in [0.3, 0.4) is 0 Å². The van der Waals surface area contributed by atoms with Gasteiger partial charge in [0.15, 0.2) is 0 Å². The topological polar surface area (TPSA) is 77.3 Å². The van der Waals surface area contributed by atoms with Gasteiger partial charge in [0.25, 0.3) is 0 Å². The van der Waals surface area contributed by atoms with Crippen molar-refractivity contribution in [3.8, 4) is 0 Å². The van der Waals surface area contributed by atoms with Crippen LogP contribution in [-0.4, -0.2) is 29.7 Å². The number of nitro groups is 1. The van der Waals surface area contributed by atoms with Gasteiger partial charge in [-0.25, -0.2) is 0 Å². The summed E-state index contributed by atoms with van der Waals surface area (Å²) < 4.78 is 5.70. The van der Waals surface area contributed by atoms with Crippen molar-refractivity contribution in [2.45, 2.75) is 6.92 Å². The molecule has 0 saturated carbocycles. The first-order valence-corrected chi connectivity index (χ1v) is 5.55. The summed E-state index contributed by atoms with van der Waals surface area (Å²) in [5, 5.41) is 13.7. The Morgan fingerprint density at radius 1 is 1.62 bits per heavy atom. The van der Waals surface area contributed by atoms with Crippen molar-refractivity contribution in [2.75, 3.05) is 25.1 Å². The number of rotatable bonds is 6. The van der Waals surface area contributed by atoms with E-state index in [1.54, 1.807) is 0 Å². The fourth-order valence-electron chi connectivity index (χ4n) is 1.13. The van der Waals surface area contributed by atoms with Crippen LogP contribution in [0.4, 0.5) is 11.4 Å². The number of anilines is 1. The smallest absolute Gasteiger partial charge is 0.311 e. The summed E-state index contributed by atoms with van der Waals surface area (Å²) >= 11 is 3.21. The maximum absolute atomic E-state index is 10.7. The molecule has 1 aromatic heterocycles. The molecule has 0 unspecified atom stereocenters. The van der Waals surface area contributed by atoms with Crippen molar-refractivity contribution < 1.29 is 9.66 Å². The highest BCUT2D eigenvalue weighted by molar-refractivity contribution is 9.10. The van der Waals surface area contributed by atoms with E-state index in [0.717, 1.165) is 0 Å². The molecule has 0 fully saturated rings. The van der Waals surface area contributed by atoms with Gasteiger partial charge in [-0.1, -0.05) is 0 Å². The molecule has 0 spiro atoms. The molecule has 0 saturated heterocycles. The summed E-state index contributed by atoms with van der Waals surface area (Å²) in [4.78, 5) is 14.0. The molecule has 1 N–H and O–H groups in total. The van der Waals surface area contributed by atoms with Crippen molar-refractivity contribution in [3.05, 3.63) is 27.0 Å². The van der Waals surface area contributed by atoms with E-state index < -0.39 is 4.92 Å². The minimum atomic E-state index is -0.471. The maximum atomic E-state index is 10.7. The molecule has 0 radical (unpaired) electrons. The summed E-state index contributed by atoms with van der Waals surface area (Å²) in [6.07, 6.45) is 2.73. The van der Waals surface area contributed by atoms with Crippen LogP contribution in [-0.2, 0) is 4.74 Å². The molecule has 1 rings (SSSR count). The Morgan fingerprint density at radius 3 is 3.00 bits per heavy atom. The first-order chi connectivity index (χ1) is 7.66. The van der Waals surface area contributed by atoms with Crippen molar-refractivity contribution >= 4 is 27.3 Å². The van der Waals surface area contributed by atoms with Crippen LogP contribution in [0.2, 0.25) is 0 Å². The number of pyridine rings is 1. The van der Waals surface area contributed by atoms with E-state index in [-0.39, 0.29) is 5.69 Å². The first kappa shape index (κ1) is 12.9. The third kappa shape index (κ3) is 3.42. The normalized spacial score (nSPS) is 10.1. The Labute approximate surface area is 101 Å². The Kier molecular flexibility index (Phi) is 5.13. The number of aromatic nitrogens is 1. The maximum Gasteiger partial charge on any atom is 0.311 e. The molecule has 6 nitrogen and oxygen atoms in total. The third-order valence-electron chi connectivity index (χ3n) is 1.83. The van der Waals surface area contributed by atoms with Crippen LogP contribution in [0, 0.1) is 10.1 Å². The standard InChI is InChI=1S/C9H12BrN3O3/c1-2-16-4-3-12-9-7(10)5-11-6-8(9)13(14)15/h5-6H,2-4H2,1H3,(H,11,12). The first-order valence-electron chi connectivity index (χ1n) is 4.76. The summed E-state index contributed by atoms with van der Waals surface area (Å²) in [5.41, 5.74) is 0.380. The second-order valence-electron chi connectivity index (χ2n) is 2.90. The number of ether oxygens (including phenoxy) is 1. The van der Waals surface area contributed by atoms with Crippen molar-refractivity contribution in [2.24, 2.45) is 0 Å². The van der Waals surface area contributed by atoms with Crippen LogP contribution in [0.1, 0.15) is 6.92 Å². The lowest BCUT2D eigenvalue weighted by molar-refractivity contribution is -0.384. The van der Waals surface area contributed by atoms with E-state index in [4.69, 9.17) is 4.74 Å². The Morgan fingerprint density at radius 2 is 2.38 bits per heavy atom. The highest BCUT2D eigenvalue weighted by atomic mass is 79.9. The lowest BCUT2D eigenvalue weighted by Crippen LogP contribution is -2.11. The quantitative estimate of drug-likeness (QED) is 0.493. The molecule has 16 heavy (non-hydrogen) atoms. The monoisotopic (exact) mass is 289 g/mol. The van der Waals surface area contributed by atoms with Gasteiger partial charge in [-0.3, -0.25) is 15.1 Å². The van der Waals surface area contributed by atoms with Crippen LogP contribution in [0.25, 0.3) is 0 Å². The molecule has 0 atom stereocenters. The van der Waals surface area contributed by atoms with Crippen molar-refractivity contribution in [1.82, 2.24) is 4.98 Å². The molecule has 0 aliphatic carbocycles. The molecule has 0 bridgehead atoms. The van der Waals surface area contributed by atoms with E-state index in [1.165, 1.54) is 12.4 Å². The number of nitrogens with one attached hydrogen (secondary N) is 1. The van der Waals surface area contributed by atoms with Crippen molar-refractivity contribution in [3.63, 3.8) is 0 Å². The summed E-state index contributed by atoms with van der Waals surface area (Å²) in [7, 11) is 0.